The first-order valence-electron chi connectivity index (χ1n) is 7.64. The van der Waals surface area contributed by atoms with Gasteiger partial charge in [0.15, 0.2) is 0 Å². The number of benzene rings is 1. The van der Waals surface area contributed by atoms with E-state index in [1.807, 2.05) is 31.2 Å². The molecule has 22 heavy (non-hydrogen) atoms. The predicted octanol–water partition coefficient (Wildman–Crippen LogP) is 2.36. The van der Waals surface area contributed by atoms with Crippen LogP contribution in [0.4, 0.5) is 0 Å². The molecule has 1 saturated heterocycles. The lowest BCUT2D eigenvalue weighted by atomic mass is 10.2. The molecule has 3 rings (SSSR count). The molecule has 1 aromatic carbocycles. The molecule has 0 saturated carbocycles. The largest absolute Gasteiger partial charge is 0.494 e. The molecule has 1 aliphatic heterocycles. The minimum atomic E-state index is 0.252. The lowest BCUT2D eigenvalue weighted by Gasteiger charge is -2.29. The zero-order valence-corrected chi connectivity index (χ0v) is 13.0. The maximum Gasteiger partial charge on any atom is 0.241 e. The van der Waals surface area contributed by atoms with Crippen molar-refractivity contribution in [1.29, 1.82) is 0 Å². The van der Waals surface area contributed by atoms with Crippen LogP contribution < -0.4 is 4.74 Å². The second kappa shape index (κ2) is 6.89. The van der Waals surface area contributed by atoms with E-state index >= 15 is 0 Å². The molecule has 0 aliphatic carbocycles. The Labute approximate surface area is 130 Å². The third-order valence-corrected chi connectivity index (χ3v) is 3.58. The number of aromatic nitrogens is 2. The van der Waals surface area contributed by atoms with Crippen molar-refractivity contribution in [2.45, 2.75) is 26.5 Å². The Bertz CT molecular complexity index is 597. The Balaban J connectivity index is 1.65. The van der Waals surface area contributed by atoms with Gasteiger partial charge in [-0.05, 0) is 38.1 Å². The summed E-state index contributed by atoms with van der Waals surface area (Å²) in [6.07, 6.45) is 0.252. The van der Waals surface area contributed by atoms with Crippen LogP contribution in [0.25, 0.3) is 11.4 Å². The van der Waals surface area contributed by atoms with Gasteiger partial charge in [0, 0.05) is 18.7 Å². The second-order valence-corrected chi connectivity index (χ2v) is 5.39. The van der Waals surface area contributed by atoms with Gasteiger partial charge >= 0.3 is 0 Å². The van der Waals surface area contributed by atoms with Crippen molar-refractivity contribution in [3.05, 3.63) is 30.2 Å². The van der Waals surface area contributed by atoms with E-state index < -0.39 is 0 Å². The molecule has 2 aromatic rings. The quantitative estimate of drug-likeness (QED) is 0.845. The van der Waals surface area contributed by atoms with Crippen molar-refractivity contribution in [3.63, 3.8) is 0 Å². The van der Waals surface area contributed by atoms with E-state index in [4.69, 9.17) is 14.0 Å². The normalized spacial score (nSPS) is 19.3. The number of hydrogen-bond acceptors (Lipinski definition) is 6. The highest BCUT2D eigenvalue weighted by Gasteiger charge is 2.19. The number of morpholine rings is 1. The highest BCUT2D eigenvalue weighted by Crippen LogP contribution is 2.20. The molecule has 1 aliphatic rings. The van der Waals surface area contributed by atoms with Crippen LogP contribution in [0.1, 0.15) is 19.7 Å². The Morgan fingerprint density at radius 1 is 1.32 bits per heavy atom. The summed E-state index contributed by atoms with van der Waals surface area (Å²) in [7, 11) is 0. The third kappa shape index (κ3) is 3.64. The summed E-state index contributed by atoms with van der Waals surface area (Å²) in [5, 5.41) is 4.06. The van der Waals surface area contributed by atoms with Gasteiger partial charge in [-0.15, -0.1) is 0 Å². The van der Waals surface area contributed by atoms with Gasteiger partial charge in [0.2, 0.25) is 11.7 Å². The van der Waals surface area contributed by atoms with Crippen molar-refractivity contribution < 1.29 is 14.0 Å². The fraction of sp³-hybridized carbons (Fsp3) is 0.500. The molecule has 6 heteroatoms. The van der Waals surface area contributed by atoms with Crippen LogP contribution in [0.15, 0.2) is 28.8 Å². The average molecular weight is 303 g/mol. The highest BCUT2D eigenvalue weighted by molar-refractivity contribution is 5.55. The van der Waals surface area contributed by atoms with Crippen molar-refractivity contribution in [1.82, 2.24) is 15.0 Å². The van der Waals surface area contributed by atoms with E-state index in [0.717, 1.165) is 31.0 Å². The summed E-state index contributed by atoms with van der Waals surface area (Å²) in [6, 6.07) is 7.71. The molecule has 0 bridgehead atoms. The fourth-order valence-corrected chi connectivity index (χ4v) is 2.53. The maximum atomic E-state index is 5.53. The van der Waals surface area contributed by atoms with Crippen LogP contribution in [-0.2, 0) is 11.3 Å². The monoisotopic (exact) mass is 303 g/mol. The van der Waals surface area contributed by atoms with E-state index in [9.17, 15) is 0 Å². The average Bonchev–Trinajstić information content (AvgIpc) is 2.97. The summed E-state index contributed by atoms with van der Waals surface area (Å²) < 4.78 is 16.3. The van der Waals surface area contributed by atoms with Crippen LogP contribution in [0.2, 0.25) is 0 Å². The van der Waals surface area contributed by atoms with Crippen LogP contribution in [0.3, 0.4) is 0 Å². The first-order valence-corrected chi connectivity index (χ1v) is 7.64. The molecule has 1 aromatic heterocycles. The van der Waals surface area contributed by atoms with Crippen molar-refractivity contribution >= 4 is 0 Å². The maximum absolute atomic E-state index is 5.53. The van der Waals surface area contributed by atoms with E-state index in [1.54, 1.807) is 0 Å². The fourth-order valence-electron chi connectivity index (χ4n) is 2.53. The Hall–Kier alpha value is -1.92. The first kappa shape index (κ1) is 15.0. The van der Waals surface area contributed by atoms with Crippen LogP contribution >= 0.6 is 0 Å². The predicted molar refractivity (Wildman–Crippen MR) is 81.6 cm³/mol. The van der Waals surface area contributed by atoms with Gasteiger partial charge in [-0.1, -0.05) is 5.16 Å². The topological polar surface area (TPSA) is 60.6 Å². The van der Waals surface area contributed by atoms with E-state index in [2.05, 4.69) is 22.0 Å². The van der Waals surface area contributed by atoms with Crippen molar-refractivity contribution in [3.8, 4) is 17.1 Å². The first-order chi connectivity index (χ1) is 10.7. The van der Waals surface area contributed by atoms with E-state index in [1.165, 1.54) is 0 Å². The van der Waals surface area contributed by atoms with Gasteiger partial charge in [0.25, 0.3) is 0 Å². The molecule has 0 radical (unpaired) electrons. The Morgan fingerprint density at radius 3 is 2.86 bits per heavy atom. The Morgan fingerprint density at radius 2 is 2.14 bits per heavy atom. The van der Waals surface area contributed by atoms with Crippen LogP contribution in [-0.4, -0.2) is 47.4 Å². The second-order valence-electron chi connectivity index (χ2n) is 5.39. The van der Waals surface area contributed by atoms with Crippen molar-refractivity contribution in [2.75, 3.05) is 26.3 Å². The van der Waals surface area contributed by atoms with Gasteiger partial charge in [-0.3, -0.25) is 4.90 Å². The summed E-state index contributed by atoms with van der Waals surface area (Å²) >= 11 is 0. The molecule has 1 fully saturated rings. The summed E-state index contributed by atoms with van der Waals surface area (Å²) in [6.45, 7) is 7.89. The van der Waals surface area contributed by atoms with Gasteiger partial charge in [0.05, 0.1) is 25.9 Å². The zero-order valence-electron chi connectivity index (χ0n) is 13.0. The molecule has 1 atom stereocenters. The van der Waals surface area contributed by atoms with Crippen molar-refractivity contribution in [2.24, 2.45) is 0 Å². The van der Waals surface area contributed by atoms with Gasteiger partial charge in [0.1, 0.15) is 5.75 Å². The molecular formula is C16H21N3O3. The minimum Gasteiger partial charge on any atom is -0.494 e. The van der Waals surface area contributed by atoms with E-state index in [-0.39, 0.29) is 6.10 Å². The molecule has 0 N–H and O–H groups in total. The van der Waals surface area contributed by atoms with E-state index in [0.29, 0.717) is 24.9 Å². The number of nitrogens with zero attached hydrogens (tertiary/aromatic N) is 3. The number of hydrogen-bond donors (Lipinski definition) is 0. The molecule has 0 spiro atoms. The Kier molecular flexibility index (Phi) is 4.70. The molecule has 0 amide bonds. The SMILES string of the molecule is CCOc1ccc(-c2noc(CN3CCO[C@H](C)C3)n2)cc1. The highest BCUT2D eigenvalue weighted by atomic mass is 16.5. The summed E-state index contributed by atoms with van der Waals surface area (Å²) in [5.74, 6) is 2.09. The van der Waals surface area contributed by atoms with Crippen LogP contribution in [0, 0.1) is 0 Å². The lowest BCUT2D eigenvalue weighted by molar-refractivity contribution is -0.0240. The third-order valence-electron chi connectivity index (χ3n) is 3.58. The molecule has 2 heterocycles. The number of rotatable bonds is 5. The lowest BCUT2D eigenvalue weighted by Crippen LogP contribution is -2.40. The standard InChI is InChI=1S/C16H21N3O3/c1-3-20-14-6-4-13(5-7-14)16-17-15(22-18-16)11-19-8-9-21-12(2)10-19/h4-7,12H,3,8-11H2,1-2H3/t12-/m1/s1. The zero-order chi connectivity index (χ0) is 15.4. The summed E-state index contributed by atoms with van der Waals surface area (Å²) in [5.41, 5.74) is 0.925. The molecular weight excluding hydrogens is 282 g/mol. The van der Waals surface area contributed by atoms with Gasteiger partial charge in [-0.25, -0.2) is 0 Å². The molecule has 6 nitrogen and oxygen atoms in total. The summed E-state index contributed by atoms with van der Waals surface area (Å²) in [4.78, 5) is 6.74. The van der Waals surface area contributed by atoms with Crippen LogP contribution in [0.5, 0.6) is 5.75 Å². The van der Waals surface area contributed by atoms with Gasteiger partial charge < -0.3 is 14.0 Å². The number of ether oxygens (including phenoxy) is 2. The molecule has 0 unspecified atom stereocenters. The molecule has 118 valence electrons. The minimum absolute atomic E-state index is 0.252. The van der Waals surface area contributed by atoms with Gasteiger partial charge in [-0.2, -0.15) is 4.98 Å². The smallest absolute Gasteiger partial charge is 0.241 e.